The largest absolute Gasteiger partial charge is 0.507 e. The van der Waals surface area contributed by atoms with Crippen molar-refractivity contribution in [3.63, 3.8) is 0 Å². The first-order valence-corrected chi connectivity index (χ1v) is 10.9. The van der Waals surface area contributed by atoms with Gasteiger partial charge < -0.3 is 9.84 Å². The van der Waals surface area contributed by atoms with Crippen LogP contribution in [0.4, 0.5) is 5.13 Å². The van der Waals surface area contributed by atoms with Gasteiger partial charge in [0.15, 0.2) is 10.9 Å². The second-order valence-corrected chi connectivity index (χ2v) is 8.46. The number of thiazole rings is 1. The van der Waals surface area contributed by atoms with Gasteiger partial charge in [-0.1, -0.05) is 23.5 Å². The van der Waals surface area contributed by atoms with Gasteiger partial charge in [-0.3, -0.25) is 24.3 Å². The Balaban J connectivity index is 1.93. The van der Waals surface area contributed by atoms with E-state index in [1.807, 2.05) is 0 Å². The standard InChI is InChI=1S/C24H19N3O6S/c1-12-21(13(2)28)34-24(26-12)27-18(14-4-6-16(7-5-14)23(32)33-3)17(20(30)22(27)31)19(29)15-8-10-25-11-9-15/h4-11,18,29H,1-3H3/b19-17+. The smallest absolute Gasteiger partial charge is 0.337 e. The number of aromatic nitrogens is 2. The summed E-state index contributed by atoms with van der Waals surface area (Å²) in [5.41, 5.74) is 1.34. The number of hydrogen-bond donors (Lipinski definition) is 1. The Morgan fingerprint density at radius 1 is 1.06 bits per heavy atom. The van der Waals surface area contributed by atoms with E-state index in [0.29, 0.717) is 21.7 Å². The monoisotopic (exact) mass is 477 g/mol. The van der Waals surface area contributed by atoms with Crippen molar-refractivity contribution in [3.05, 3.63) is 81.6 Å². The SMILES string of the molecule is COC(=O)c1ccc(C2/C(=C(\O)c3ccncc3)C(=O)C(=O)N2c2nc(C)c(C(C)=O)s2)cc1. The van der Waals surface area contributed by atoms with Crippen LogP contribution in [0.2, 0.25) is 0 Å². The molecule has 1 aromatic carbocycles. The maximum absolute atomic E-state index is 13.2. The number of rotatable bonds is 5. The van der Waals surface area contributed by atoms with Crippen molar-refractivity contribution in [2.75, 3.05) is 12.0 Å². The fraction of sp³-hybridized carbons (Fsp3) is 0.167. The summed E-state index contributed by atoms with van der Waals surface area (Å²) in [7, 11) is 1.26. The number of aliphatic hydroxyl groups is 1. The molecule has 1 saturated heterocycles. The van der Waals surface area contributed by atoms with Crippen molar-refractivity contribution < 1.29 is 29.0 Å². The normalized spacial score (nSPS) is 17.1. The number of aliphatic hydroxyl groups excluding tert-OH is 1. The molecule has 4 rings (SSSR count). The molecule has 0 radical (unpaired) electrons. The first-order chi connectivity index (χ1) is 16.2. The molecule has 1 aliphatic heterocycles. The quantitative estimate of drug-likeness (QED) is 0.195. The molecule has 9 nitrogen and oxygen atoms in total. The number of benzene rings is 1. The van der Waals surface area contributed by atoms with Crippen molar-refractivity contribution in [2.45, 2.75) is 19.9 Å². The van der Waals surface area contributed by atoms with Crippen LogP contribution in [0.15, 0.2) is 54.4 Å². The summed E-state index contributed by atoms with van der Waals surface area (Å²) in [6.45, 7) is 3.04. The highest BCUT2D eigenvalue weighted by atomic mass is 32.1. The lowest BCUT2D eigenvalue weighted by molar-refractivity contribution is -0.132. The Morgan fingerprint density at radius 2 is 1.71 bits per heavy atom. The molecule has 1 aliphatic rings. The highest BCUT2D eigenvalue weighted by molar-refractivity contribution is 7.18. The molecule has 34 heavy (non-hydrogen) atoms. The first kappa shape index (κ1) is 23.0. The number of anilines is 1. The lowest BCUT2D eigenvalue weighted by atomic mass is 9.95. The van der Waals surface area contributed by atoms with Gasteiger partial charge in [-0.2, -0.15) is 0 Å². The zero-order valence-corrected chi connectivity index (χ0v) is 19.3. The van der Waals surface area contributed by atoms with Gasteiger partial charge in [0.1, 0.15) is 5.76 Å². The van der Waals surface area contributed by atoms with Gasteiger partial charge >= 0.3 is 11.9 Å². The summed E-state index contributed by atoms with van der Waals surface area (Å²) in [6.07, 6.45) is 2.91. The van der Waals surface area contributed by atoms with E-state index in [0.717, 1.165) is 11.3 Å². The van der Waals surface area contributed by atoms with Crippen LogP contribution in [0.5, 0.6) is 0 Å². The number of ketones is 2. The van der Waals surface area contributed by atoms with Gasteiger partial charge in [0.05, 0.1) is 34.9 Å². The molecule has 0 saturated carbocycles. The predicted molar refractivity (Wildman–Crippen MR) is 124 cm³/mol. The maximum Gasteiger partial charge on any atom is 0.337 e. The van der Waals surface area contributed by atoms with Crippen molar-refractivity contribution in [1.29, 1.82) is 0 Å². The number of esters is 1. The van der Waals surface area contributed by atoms with E-state index in [9.17, 15) is 24.3 Å². The molecule has 0 spiro atoms. The van der Waals surface area contributed by atoms with Crippen LogP contribution in [-0.2, 0) is 14.3 Å². The van der Waals surface area contributed by atoms with E-state index in [1.165, 1.54) is 55.6 Å². The summed E-state index contributed by atoms with van der Waals surface area (Å²) < 4.78 is 4.73. The van der Waals surface area contributed by atoms with Crippen LogP contribution in [0, 0.1) is 6.92 Å². The summed E-state index contributed by atoms with van der Waals surface area (Å²) in [5.74, 6) is -2.91. The number of hydrogen-bond acceptors (Lipinski definition) is 9. The Labute approximate surface area is 198 Å². The molecule has 3 heterocycles. The molecule has 1 N–H and O–H groups in total. The number of carbonyl (C=O) groups excluding carboxylic acids is 4. The van der Waals surface area contributed by atoms with E-state index >= 15 is 0 Å². The first-order valence-electron chi connectivity index (χ1n) is 10.1. The second kappa shape index (κ2) is 8.99. The minimum atomic E-state index is -1.04. The number of pyridine rings is 1. The molecule has 1 atom stereocenters. The molecular formula is C24H19N3O6S. The van der Waals surface area contributed by atoms with Crippen LogP contribution in [0.1, 0.15) is 49.8 Å². The topological polar surface area (TPSA) is 127 Å². The van der Waals surface area contributed by atoms with Crippen molar-refractivity contribution in [1.82, 2.24) is 9.97 Å². The third-order valence-corrected chi connectivity index (χ3v) is 6.61. The number of ether oxygens (including phenoxy) is 1. The number of methoxy groups -OCH3 is 1. The van der Waals surface area contributed by atoms with Crippen molar-refractivity contribution in [2.24, 2.45) is 0 Å². The zero-order valence-electron chi connectivity index (χ0n) is 18.4. The van der Waals surface area contributed by atoms with E-state index in [4.69, 9.17) is 4.74 Å². The molecule has 172 valence electrons. The molecule has 10 heteroatoms. The van der Waals surface area contributed by atoms with Gasteiger partial charge in [0.2, 0.25) is 0 Å². The molecule has 0 aliphatic carbocycles. The summed E-state index contributed by atoms with van der Waals surface area (Å²) in [5, 5.41) is 11.2. The van der Waals surface area contributed by atoms with Crippen LogP contribution in [-0.4, -0.2) is 45.6 Å². The van der Waals surface area contributed by atoms with Crippen LogP contribution >= 0.6 is 11.3 Å². The lowest BCUT2D eigenvalue weighted by Crippen LogP contribution is -2.29. The van der Waals surface area contributed by atoms with E-state index in [-0.39, 0.29) is 27.8 Å². The Morgan fingerprint density at radius 3 is 2.26 bits per heavy atom. The van der Waals surface area contributed by atoms with Crippen molar-refractivity contribution >= 4 is 45.7 Å². The number of aryl methyl sites for hydroxylation is 1. The Kier molecular flexibility index (Phi) is 6.08. The molecule has 0 bridgehead atoms. The second-order valence-electron chi connectivity index (χ2n) is 7.49. The van der Waals surface area contributed by atoms with Crippen molar-refractivity contribution in [3.8, 4) is 0 Å². The van der Waals surface area contributed by atoms with Gasteiger partial charge in [-0.15, -0.1) is 0 Å². The summed E-state index contributed by atoms with van der Waals surface area (Å²) in [6, 6.07) is 8.14. The highest BCUT2D eigenvalue weighted by Crippen LogP contribution is 2.43. The Bertz CT molecular complexity index is 1340. The molecule has 1 unspecified atom stereocenters. The third kappa shape index (κ3) is 3.88. The predicted octanol–water partition coefficient (Wildman–Crippen LogP) is 3.46. The lowest BCUT2D eigenvalue weighted by Gasteiger charge is -2.23. The van der Waals surface area contributed by atoms with Gasteiger partial charge in [0.25, 0.3) is 5.78 Å². The molecule has 3 aromatic rings. The zero-order chi connectivity index (χ0) is 24.6. The van der Waals surface area contributed by atoms with Crippen LogP contribution < -0.4 is 4.90 Å². The van der Waals surface area contributed by atoms with Gasteiger partial charge in [-0.25, -0.2) is 9.78 Å². The minimum Gasteiger partial charge on any atom is -0.507 e. The third-order valence-electron chi connectivity index (χ3n) is 5.36. The number of nitrogens with zero attached hydrogens (tertiary/aromatic N) is 3. The van der Waals surface area contributed by atoms with E-state index in [1.54, 1.807) is 19.1 Å². The molecular weight excluding hydrogens is 458 g/mol. The number of carbonyl (C=O) groups is 4. The minimum absolute atomic E-state index is 0.140. The molecule has 1 amide bonds. The van der Waals surface area contributed by atoms with E-state index in [2.05, 4.69) is 9.97 Å². The average molecular weight is 477 g/mol. The number of Topliss-reactive ketones (excluding diaryl/α,β-unsaturated/α-hetero) is 2. The summed E-state index contributed by atoms with van der Waals surface area (Å²) >= 11 is 0.994. The Hall–Kier alpha value is -4.18. The van der Waals surface area contributed by atoms with Gasteiger partial charge in [0, 0.05) is 24.9 Å². The van der Waals surface area contributed by atoms with Gasteiger partial charge in [-0.05, 0) is 36.8 Å². The fourth-order valence-electron chi connectivity index (χ4n) is 3.74. The molecule has 1 fully saturated rings. The van der Waals surface area contributed by atoms with Crippen LogP contribution in [0.25, 0.3) is 5.76 Å². The fourth-order valence-corrected chi connectivity index (χ4v) is 4.73. The highest BCUT2D eigenvalue weighted by Gasteiger charge is 2.48. The summed E-state index contributed by atoms with van der Waals surface area (Å²) in [4.78, 5) is 60.0. The van der Waals surface area contributed by atoms with E-state index < -0.39 is 23.7 Å². The van der Waals surface area contributed by atoms with Crippen LogP contribution in [0.3, 0.4) is 0 Å². The average Bonchev–Trinajstić information content (AvgIpc) is 3.35. The molecule has 2 aromatic heterocycles. The maximum atomic E-state index is 13.2. The number of amides is 1.